The standard InChI is InChI=1S/C37H36F5N2O3/c1-35(23-28-6-15-31(43)16-7-28,24-29-8-17-32(44)18-9-29)25-46-34(45)21-12-27-4-13-30(14-5-27)37(41,42)47-33-19-10-26(11-20-33)3-2-22-36(38,39)40/h4-21H,1-3,22-25,43-44H2/b21-12+. The molecule has 0 saturated carbocycles. The molecule has 4 rings (SSSR count). The molecule has 0 amide bonds. The van der Waals surface area contributed by atoms with E-state index < -0.39 is 35.7 Å². The molecule has 0 atom stereocenters. The van der Waals surface area contributed by atoms with Gasteiger partial charge in [-0.05, 0) is 109 Å². The number of rotatable bonds is 14. The Balaban J connectivity index is 1.33. The van der Waals surface area contributed by atoms with Crippen molar-refractivity contribution in [3.05, 3.63) is 138 Å². The number of anilines is 2. The van der Waals surface area contributed by atoms with Gasteiger partial charge >= 0.3 is 18.3 Å². The molecule has 47 heavy (non-hydrogen) atoms. The van der Waals surface area contributed by atoms with E-state index in [-0.39, 0.29) is 25.2 Å². The van der Waals surface area contributed by atoms with Crippen LogP contribution in [0.25, 0.3) is 6.08 Å². The summed E-state index contributed by atoms with van der Waals surface area (Å²) in [5, 5.41) is 0. The Labute approximate surface area is 271 Å². The Kier molecular flexibility index (Phi) is 11.3. The second-order valence-corrected chi connectivity index (χ2v) is 11.6. The molecule has 5 nitrogen and oxygen atoms in total. The van der Waals surface area contributed by atoms with Crippen LogP contribution in [0.5, 0.6) is 5.75 Å². The quantitative estimate of drug-likeness (QED) is 0.0617. The molecule has 0 unspecified atom stereocenters. The lowest BCUT2D eigenvalue weighted by molar-refractivity contribution is -0.185. The van der Waals surface area contributed by atoms with E-state index in [0.29, 0.717) is 35.3 Å². The molecule has 4 aromatic rings. The SMILES string of the molecule is [CH2]C(COC(=O)/C=C/c1ccc(C(F)(F)Oc2ccc(CCCC(F)(F)F)cc2)cc1)(Cc1ccc(N)cc1)Cc1ccc(N)cc1. The molecule has 0 saturated heterocycles. The largest absolute Gasteiger partial charge is 0.462 e. The van der Waals surface area contributed by atoms with Gasteiger partial charge in [-0.1, -0.05) is 48.5 Å². The minimum atomic E-state index is -4.24. The number of nitrogens with two attached hydrogens (primary N) is 2. The van der Waals surface area contributed by atoms with E-state index in [4.69, 9.17) is 20.9 Å². The van der Waals surface area contributed by atoms with Crippen molar-refractivity contribution >= 4 is 23.4 Å². The molecule has 4 aromatic carbocycles. The summed E-state index contributed by atoms with van der Waals surface area (Å²) in [4.78, 5) is 12.7. The van der Waals surface area contributed by atoms with Crippen molar-refractivity contribution in [1.29, 1.82) is 0 Å². The minimum Gasteiger partial charge on any atom is -0.462 e. The maximum Gasteiger partial charge on any atom is 0.426 e. The van der Waals surface area contributed by atoms with Crippen molar-refractivity contribution in [3.8, 4) is 5.75 Å². The van der Waals surface area contributed by atoms with E-state index in [1.54, 1.807) is 24.3 Å². The van der Waals surface area contributed by atoms with Gasteiger partial charge in [0.25, 0.3) is 0 Å². The predicted octanol–water partition coefficient (Wildman–Crippen LogP) is 8.73. The van der Waals surface area contributed by atoms with Gasteiger partial charge in [0.05, 0.1) is 12.2 Å². The Bertz CT molecular complexity index is 1570. The van der Waals surface area contributed by atoms with Crippen LogP contribution >= 0.6 is 0 Å². The fourth-order valence-electron chi connectivity index (χ4n) is 4.95. The summed E-state index contributed by atoms with van der Waals surface area (Å²) in [5.74, 6) is -0.747. The highest BCUT2D eigenvalue weighted by molar-refractivity contribution is 5.87. The molecule has 1 radical (unpaired) electrons. The van der Waals surface area contributed by atoms with Crippen molar-refractivity contribution in [2.45, 2.75) is 44.4 Å². The number of alkyl halides is 5. The van der Waals surface area contributed by atoms with Crippen molar-refractivity contribution in [1.82, 2.24) is 0 Å². The monoisotopic (exact) mass is 651 g/mol. The second kappa shape index (κ2) is 15.2. The molecule has 0 aliphatic rings. The smallest absolute Gasteiger partial charge is 0.426 e. The highest BCUT2D eigenvalue weighted by Gasteiger charge is 2.34. The highest BCUT2D eigenvalue weighted by Crippen LogP contribution is 2.33. The number of hydrogen-bond donors (Lipinski definition) is 2. The topological polar surface area (TPSA) is 87.6 Å². The summed E-state index contributed by atoms with van der Waals surface area (Å²) in [5.41, 5.74) is 14.8. The number of aryl methyl sites for hydroxylation is 1. The molecular weight excluding hydrogens is 615 g/mol. The summed E-state index contributed by atoms with van der Waals surface area (Å²) in [6, 6.07) is 25.5. The number of benzene rings is 4. The molecule has 10 heteroatoms. The summed E-state index contributed by atoms with van der Waals surface area (Å²) in [6.07, 6.45) is -5.06. The lowest BCUT2D eigenvalue weighted by atomic mass is 9.79. The van der Waals surface area contributed by atoms with E-state index >= 15 is 0 Å². The zero-order valence-corrected chi connectivity index (χ0v) is 25.6. The van der Waals surface area contributed by atoms with Crippen LogP contribution in [0.4, 0.5) is 33.3 Å². The predicted molar refractivity (Wildman–Crippen MR) is 173 cm³/mol. The fourth-order valence-corrected chi connectivity index (χ4v) is 4.95. The molecule has 0 spiro atoms. The van der Waals surface area contributed by atoms with Crippen LogP contribution in [0.2, 0.25) is 0 Å². The third kappa shape index (κ3) is 11.5. The lowest BCUT2D eigenvalue weighted by Crippen LogP contribution is -2.30. The summed E-state index contributed by atoms with van der Waals surface area (Å²) < 4.78 is 77.2. The molecule has 4 N–H and O–H groups in total. The van der Waals surface area contributed by atoms with E-state index in [2.05, 4.69) is 6.92 Å². The van der Waals surface area contributed by atoms with E-state index in [0.717, 1.165) is 11.1 Å². The summed E-state index contributed by atoms with van der Waals surface area (Å²) in [7, 11) is 0. The molecular formula is C37H36F5N2O3. The normalized spacial score (nSPS) is 12.3. The maximum absolute atomic E-state index is 14.8. The van der Waals surface area contributed by atoms with Crippen LogP contribution in [0.3, 0.4) is 0 Å². The van der Waals surface area contributed by atoms with Crippen molar-refractivity contribution in [2.75, 3.05) is 18.1 Å². The molecule has 0 heterocycles. The fraction of sp³-hybridized carbons (Fsp3) is 0.243. The Morgan fingerprint density at radius 2 is 1.23 bits per heavy atom. The average molecular weight is 652 g/mol. The summed E-state index contributed by atoms with van der Waals surface area (Å²) >= 11 is 0. The molecule has 0 aromatic heterocycles. The van der Waals surface area contributed by atoms with Gasteiger partial charge in [-0.3, -0.25) is 0 Å². The van der Waals surface area contributed by atoms with Gasteiger partial charge in [0.1, 0.15) is 5.75 Å². The third-order valence-corrected chi connectivity index (χ3v) is 7.39. The van der Waals surface area contributed by atoms with Gasteiger partial charge in [-0.2, -0.15) is 22.0 Å². The van der Waals surface area contributed by atoms with E-state index in [9.17, 15) is 26.7 Å². The average Bonchev–Trinajstić information content (AvgIpc) is 3.02. The van der Waals surface area contributed by atoms with Crippen molar-refractivity contribution in [3.63, 3.8) is 0 Å². The van der Waals surface area contributed by atoms with Crippen LogP contribution in [-0.2, 0) is 34.9 Å². The molecule has 247 valence electrons. The van der Waals surface area contributed by atoms with Crippen LogP contribution in [0.1, 0.15) is 40.7 Å². The van der Waals surface area contributed by atoms with E-state index in [1.807, 2.05) is 24.3 Å². The number of ether oxygens (including phenoxy) is 2. The zero-order chi connectivity index (χ0) is 34.1. The first-order chi connectivity index (χ1) is 22.2. The minimum absolute atomic E-state index is 0.0158. The van der Waals surface area contributed by atoms with E-state index in [1.165, 1.54) is 60.7 Å². The Morgan fingerprint density at radius 3 is 1.74 bits per heavy atom. The molecule has 0 fully saturated rings. The van der Waals surface area contributed by atoms with Crippen LogP contribution in [0.15, 0.2) is 103 Å². The Morgan fingerprint density at radius 1 is 0.723 bits per heavy atom. The Hall–Kier alpha value is -4.86. The van der Waals surface area contributed by atoms with Crippen LogP contribution in [0, 0.1) is 12.3 Å². The molecule has 0 bridgehead atoms. The van der Waals surface area contributed by atoms with Gasteiger partial charge in [-0.15, -0.1) is 0 Å². The number of nitrogen functional groups attached to an aromatic ring is 2. The number of hydrogen-bond acceptors (Lipinski definition) is 5. The van der Waals surface area contributed by atoms with Gasteiger partial charge in [-0.25, -0.2) is 4.79 Å². The first kappa shape index (κ1) is 35.0. The van der Waals surface area contributed by atoms with Crippen molar-refractivity contribution in [2.24, 2.45) is 5.41 Å². The molecule has 0 aliphatic heterocycles. The number of esters is 1. The number of carbonyl (C=O) groups excluding carboxylic acids is 1. The van der Waals surface area contributed by atoms with Gasteiger partial charge in [0, 0.05) is 29.3 Å². The molecule has 0 aliphatic carbocycles. The zero-order valence-electron chi connectivity index (χ0n) is 25.6. The third-order valence-electron chi connectivity index (χ3n) is 7.39. The first-order valence-electron chi connectivity index (χ1n) is 14.9. The second-order valence-electron chi connectivity index (χ2n) is 11.6. The van der Waals surface area contributed by atoms with Crippen molar-refractivity contribution < 1.29 is 36.2 Å². The highest BCUT2D eigenvalue weighted by atomic mass is 19.4. The van der Waals surface area contributed by atoms with Gasteiger partial charge in [0.2, 0.25) is 0 Å². The summed E-state index contributed by atoms with van der Waals surface area (Å²) in [6.45, 7) is 4.41. The lowest BCUT2D eigenvalue weighted by Gasteiger charge is -2.29. The van der Waals surface area contributed by atoms with Gasteiger partial charge in [0.15, 0.2) is 0 Å². The van der Waals surface area contributed by atoms with Gasteiger partial charge < -0.3 is 20.9 Å². The number of carbonyl (C=O) groups is 1. The first-order valence-corrected chi connectivity index (χ1v) is 14.9. The van der Waals surface area contributed by atoms with Crippen LogP contribution in [-0.4, -0.2) is 18.8 Å². The number of halogens is 5. The maximum atomic E-state index is 14.8. The van der Waals surface area contributed by atoms with Crippen LogP contribution < -0.4 is 16.2 Å².